The Morgan fingerprint density at radius 1 is 1.50 bits per heavy atom. The Balaban J connectivity index is 3.09. The van der Waals surface area contributed by atoms with Gasteiger partial charge in [0.1, 0.15) is 11.8 Å². The molecule has 0 aliphatic heterocycles. The molecule has 0 saturated heterocycles. The average molecular weight is 219 g/mol. The molecule has 1 aliphatic carbocycles. The summed E-state index contributed by atoms with van der Waals surface area (Å²) in [6.45, 7) is 0. The van der Waals surface area contributed by atoms with E-state index in [4.69, 9.17) is 21.3 Å². The van der Waals surface area contributed by atoms with Crippen LogP contribution in [0.2, 0.25) is 0 Å². The molecule has 6 nitrogen and oxygen atoms in total. The fourth-order valence-corrected chi connectivity index (χ4v) is 1.70. The highest BCUT2D eigenvalue weighted by Crippen LogP contribution is 2.19. The number of hydrogen-bond donors (Lipinski definition) is 3. The molecular weight excluding hydrogens is 206 g/mol. The molecule has 1 atom stereocenters. The van der Waals surface area contributed by atoms with Crippen LogP contribution in [0.1, 0.15) is 0 Å². The number of ether oxygens (including phenoxy) is 1. The monoisotopic (exact) mass is 219 g/mol. The van der Waals surface area contributed by atoms with Crippen LogP contribution in [0.25, 0.3) is 0 Å². The zero-order valence-electron chi connectivity index (χ0n) is 7.67. The van der Waals surface area contributed by atoms with E-state index in [1.165, 1.54) is 25.3 Å². The van der Waals surface area contributed by atoms with Gasteiger partial charge in [-0.15, -0.1) is 0 Å². The Morgan fingerprint density at radius 3 is 2.50 bits per heavy atom. The summed E-state index contributed by atoms with van der Waals surface area (Å²) in [6, 6.07) is 0. The van der Waals surface area contributed by atoms with E-state index in [0.29, 0.717) is 0 Å². The van der Waals surface area contributed by atoms with Gasteiger partial charge in [-0.2, -0.15) is 0 Å². The second kappa shape index (κ2) is 3.44. The average Bonchev–Trinajstić information content (AvgIpc) is 2.01. The molecule has 80 valence electrons. The van der Waals surface area contributed by atoms with Crippen LogP contribution < -0.4 is 16.6 Å². The number of rotatable bonds is 2. The molecule has 0 bridgehead atoms. The maximum Gasteiger partial charge on any atom is 0.237 e. The highest BCUT2D eigenvalue weighted by Gasteiger charge is 2.31. The van der Waals surface area contributed by atoms with Crippen LogP contribution in [-0.2, 0) is 14.8 Å². The lowest BCUT2D eigenvalue weighted by molar-refractivity contribution is 0.0918. The Morgan fingerprint density at radius 2 is 2.07 bits per heavy atom. The summed E-state index contributed by atoms with van der Waals surface area (Å²) in [5.74, 6) is 0. The predicted molar refractivity (Wildman–Crippen MR) is 52.2 cm³/mol. The molecule has 0 aromatic heterocycles. The van der Waals surface area contributed by atoms with Crippen LogP contribution in [0, 0.1) is 0 Å². The van der Waals surface area contributed by atoms with Crippen molar-refractivity contribution in [3.63, 3.8) is 0 Å². The molecule has 0 aromatic rings. The standard InChI is InChI=1S/C7H13N3O3S/c1-13-6-4-5(14(10,11)12)2-3-7(6,8)9/h2-4,6H,8-9H2,1H3,(H2,10,11,12). The number of allylic oxidation sites excluding steroid dienone is 1. The summed E-state index contributed by atoms with van der Waals surface area (Å²) in [6.07, 6.45) is 3.20. The van der Waals surface area contributed by atoms with Gasteiger partial charge in [0.2, 0.25) is 10.0 Å². The Kier molecular flexibility index (Phi) is 2.79. The molecule has 7 heteroatoms. The van der Waals surface area contributed by atoms with E-state index in [1.807, 2.05) is 0 Å². The van der Waals surface area contributed by atoms with Crippen LogP contribution in [0.3, 0.4) is 0 Å². The van der Waals surface area contributed by atoms with Crippen molar-refractivity contribution in [1.29, 1.82) is 0 Å². The number of methoxy groups -OCH3 is 1. The lowest BCUT2D eigenvalue weighted by atomic mass is 10.00. The lowest BCUT2D eigenvalue weighted by Gasteiger charge is -2.30. The normalized spacial score (nSPS) is 26.0. The fourth-order valence-electron chi connectivity index (χ4n) is 1.13. The van der Waals surface area contributed by atoms with E-state index >= 15 is 0 Å². The minimum absolute atomic E-state index is 0.0455. The van der Waals surface area contributed by atoms with Gasteiger partial charge in [0, 0.05) is 7.11 Å². The van der Waals surface area contributed by atoms with Crippen molar-refractivity contribution in [1.82, 2.24) is 0 Å². The lowest BCUT2D eigenvalue weighted by Crippen LogP contribution is -2.58. The van der Waals surface area contributed by atoms with Gasteiger partial charge in [0.05, 0.1) is 4.91 Å². The number of hydrogen-bond acceptors (Lipinski definition) is 5. The van der Waals surface area contributed by atoms with Gasteiger partial charge in [0.25, 0.3) is 0 Å². The second-order valence-electron chi connectivity index (χ2n) is 3.10. The first-order valence-corrected chi connectivity index (χ1v) is 5.36. The molecule has 0 aromatic carbocycles. The largest absolute Gasteiger partial charge is 0.374 e. The van der Waals surface area contributed by atoms with Gasteiger partial charge < -0.3 is 16.2 Å². The van der Waals surface area contributed by atoms with Crippen LogP contribution in [0.5, 0.6) is 0 Å². The first-order valence-electron chi connectivity index (χ1n) is 3.82. The van der Waals surface area contributed by atoms with Crippen LogP contribution >= 0.6 is 0 Å². The molecule has 0 saturated carbocycles. The molecule has 0 spiro atoms. The third-order valence-corrected chi connectivity index (χ3v) is 2.86. The summed E-state index contributed by atoms with van der Waals surface area (Å²) < 4.78 is 26.9. The minimum Gasteiger partial charge on any atom is -0.374 e. The van der Waals surface area contributed by atoms with Gasteiger partial charge in [-0.1, -0.05) is 0 Å². The van der Waals surface area contributed by atoms with Crippen molar-refractivity contribution in [2.24, 2.45) is 16.6 Å². The zero-order chi connectivity index (χ0) is 11.0. The summed E-state index contributed by atoms with van der Waals surface area (Å²) in [5, 5.41) is 4.93. The van der Waals surface area contributed by atoms with Crippen molar-refractivity contribution in [3.8, 4) is 0 Å². The van der Waals surface area contributed by atoms with E-state index in [0.717, 1.165) is 0 Å². The highest BCUT2D eigenvalue weighted by molar-refractivity contribution is 7.93. The van der Waals surface area contributed by atoms with E-state index in [9.17, 15) is 8.42 Å². The van der Waals surface area contributed by atoms with E-state index in [-0.39, 0.29) is 4.91 Å². The van der Waals surface area contributed by atoms with Gasteiger partial charge >= 0.3 is 0 Å². The van der Waals surface area contributed by atoms with Crippen molar-refractivity contribution in [3.05, 3.63) is 23.1 Å². The topological polar surface area (TPSA) is 121 Å². The highest BCUT2D eigenvalue weighted by atomic mass is 32.2. The van der Waals surface area contributed by atoms with Crippen molar-refractivity contribution < 1.29 is 13.2 Å². The number of primary sulfonamides is 1. The summed E-state index contributed by atoms with van der Waals surface area (Å²) in [7, 11) is -2.35. The van der Waals surface area contributed by atoms with Crippen molar-refractivity contribution >= 4 is 10.0 Å². The quantitative estimate of drug-likeness (QED) is 0.481. The maximum absolute atomic E-state index is 11.0. The third-order valence-electron chi connectivity index (χ3n) is 1.93. The van der Waals surface area contributed by atoms with E-state index in [1.54, 1.807) is 0 Å². The molecule has 0 heterocycles. The van der Waals surface area contributed by atoms with Gasteiger partial charge in [-0.3, -0.25) is 0 Å². The molecule has 1 unspecified atom stereocenters. The first-order chi connectivity index (χ1) is 6.27. The number of sulfonamides is 1. The van der Waals surface area contributed by atoms with E-state index < -0.39 is 21.8 Å². The fraction of sp³-hybridized carbons (Fsp3) is 0.429. The Hall–Kier alpha value is -0.730. The predicted octanol–water partition coefficient (Wildman–Crippen LogP) is -1.64. The second-order valence-corrected chi connectivity index (χ2v) is 4.67. The van der Waals surface area contributed by atoms with Gasteiger partial charge in [0.15, 0.2) is 0 Å². The molecule has 14 heavy (non-hydrogen) atoms. The zero-order valence-corrected chi connectivity index (χ0v) is 8.49. The Bertz CT molecular complexity index is 383. The summed E-state index contributed by atoms with van der Waals surface area (Å²) >= 11 is 0. The van der Waals surface area contributed by atoms with Crippen LogP contribution in [0.4, 0.5) is 0 Å². The SMILES string of the molecule is COC1C=C(S(N)(=O)=O)C=CC1(N)N. The molecule has 0 radical (unpaired) electrons. The van der Waals surface area contributed by atoms with Gasteiger partial charge in [-0.05, 0) is 18.2 Å². The molecule has 0 fully saturated rings. The minimum atomic E-state index is -3.74. The summed E-state index contributed by atoms with van der Waals surface area (Å²) in [4.78, 5) is -0.0455. The van der Waals surface area contributed by atoms with Crippen molar-refractivity contribution in [2.75, 3.05) is 7.11 Å². The molecule has 6 N–H and O–H groups in total. The molecule has 1 aliphatic rings. The maximum atomic E-state index is 11.0. The first kappa shape index (κ1) is 11.3. The van der Waals surface area contributed by atoms with Crippen LogP contribution in [-0.4, -0.2) is 27.3 Å². The molecular formula is C7H13N3O3S. The summed E-state index contributed by atoms with van der Waals surface area (Å²) in [5.41, 5.74) is 10.0. The molecule has 1 rings (SSSR count). The van der Waals surface area contributed by atoms with Crippen LogP contribution in [0.15, 0.2) is 23.1 Å². The number of nitrogens with two attached hydrogens (primary N) is 3. The third kappa shape index (κ3) is 2.20. The smallest absolute Gasteiger partial charge is 0.237 e. The molecule has 0 amide bonds. The van der Waals surface area contributed by atoms with E-state index in [2.05, 4.69) is 0 Å². The Labute approximate surface area is 82.4 Å². The van der Waals surface area contributed by atoms with Gasteiger partial charge in [-0.25, -0.2) is 13.6 Å². The van der Waals surface area contributed by atoms with Crippen molar-refractivity contribution in [2.45, 2.75) is 11.8 Å².